The molecule has 2 aromatic rings. The third-order valence-corrected chi connectivity index (χ3v) is 4.76. The number of nitrogens with two attached hydrogens (primary N) is 1. The molecular formula is C20H23ClN4O5. The second kappa shape index (κ2) is 8.91. The van der Waals surface area contributed by atoms with Gasteiger partial charge in [-0.1, -0.05) is 12.1 Å². The van der Waals surface area contributed by atoms with Crippen LogP contribution < -0.4 is 25.8 Å². The molecule has 1 aliphatic rings. The molecule has 160 valence electrons. The van der Waals surface area contributed by atoms with Crippen molar-refractivity contribution in [2.24, 2.45) is 0 Å². The summed E-state index contributed by atoms with van der Waals surface area (Å²) in [5.41, 5.74) is 5.92. The number of halogens is 1. The van der Waals surface area contributed by atoms with Crippen LogP contribution in [-0.4, -0.2) is 43.5 Å². The molecular weight excluding hydrogens is 412 g/mol. The van der Waals surface area contributed by atoms with E-state index in [9.17, 15) is 14.4 Å². The van der Waals surface area contributed by atoms with Gasteiger partial charge in [-0.3, -0.25) is 14.5 Å². The number of amides is 4. The largest absolute Gasteiger partial charge is 0.497 e. The summed E-state index contributed by atoms with van der Waals surface area (Å²) in [7, 11) is 3.03. The quantitative estimate of drug-likeness (QED) is 0.472. The average molecular weight is 435 g/mol. The van der Waals surface area contributed by atoms with E-state index in [1.165, 1.54) is 20.3 Å². The highest BCUT2D eigenvalue weighted by molar-refractivity contribution is 6.10. The molecule has 1 saturated heterocycles. The fourth-order valence-electron chi connectivity index (χ4n) is 3.12. The Kier molecular flexibility index (Phi) is 6.78. The predicted molar refractivity (Wildman–Crippen MR) is 114 cm³/mol. The molecule has 1 aliphatic heterocycles. The van der Waals surface area contributed by atoms with E-state index < -0.39 is 29.9 Å². The number of nitrogens with one attached hydrogen (secondary N) is 2. The smallest absolute Gasteiger partial charge is 0.325 e. The van der Waals surface area contributed by atoms with Crippen molar-refractivity contribution in [3.05, 3.63) is 48.0 Å². The number of hydrogen-bond acceptors (Lipinski definition) is 6. The van der Waals surface area contributed by atoms with E-state index in [4.69, 9.17) is 15.2 Å². The van der Waals surface area contributed by atoms with Crippen LogP contribution in [0.5, 0.6) is 11.5 Å². The van der Waals surface area contributed by atoms with Crippen LogP contribution in [0.4, 0.5) is 16.2 Å². The monoisotopic (exact) mass is 434 g/mol. The highest BCUT2D eigenvalue weighted by Gasteiger charge is 2.49. The number of urea groups is 1. The Balaban J connectivity index is 0.00000320. The summed E-state index contributed by atoms with van der Waals surface area (Å²) in [6, 6.07) is 10.9. The molecule has 1 atom stereocenters. The lowest BCUT2D eigenvalue weighted by atomic mass is 9.92. The van der Waals surface area contributed by atoms with Crippen molar-refractivity contribution in [3.63, 3.8) is 0 Å². The zero-order valence-corrected chi connectivity index (χ0v) is 17.5. The first kappa shape index (κ1) is 22.8. The summed E-state index contributed by atoms with van der Waals surface area (Å²) in [4.78, 5) is 38.6. The van der Waals surface area contributed by atoms with E-state index in [0.717, 1.165) is 4.90 Å². The Bertz CT molecular complexity index is 966. The van der Waals surface area contributed by atoms with Crippen LogP contribution in [0.25, 0.3) is 0 Å². The van der Waals surface area contributed by atoms with Gasteiger partial charge < -0.3 is 25.8 Å². The zero-order chi connectivity index (χ0) is 21.2. The lowest BCUT2D eigenvalue weighted by molar-refractivity contribution is -0.133. The van der Waals surface area contributed by atoms with Gasteiger partial charge in [-0.05, 0) is 42.8 Å². The number of methoxy groups -OCH3 is 2. The van der Waals surface area contributed by atoms with Gasteiger partial charge in [0.15, 0.2) is 0 Å². The zero-order valence-electron chi connectivity index (χ0n) is 16.7. The number of hydrogen-bond donors (Lipinski definition) is 3. The fraction of sp³-hybridized carbons (Fsp3) is 0.250. The summed E-state index contributed by atoms with van der Waals surface area (Å²) in [6.45, 7) is 1.17. The van der Waals surface area contributed by atoms with Gasteiger partial charge in [0, 0.05) is 5.69 Å². The van der Waals surface area contributed by atoms with Gasteiger partial charge in [0.2, 0.25) is 5.91 Å². The van der Waals surface area contributed by atoms with Crippen LogP contribution in [0.15, 0.2) is 42.5 Å². The lowest BCUT2D eigenvalue weighted by Crippen LogP contribution is -2.42. The van der Waals surface area contributed by atoms with E-state index in [1.807, 2.05) is 0 Å². The van der Waals surface area contributed by atoms with Gasteiger partial charge in [0.25, 0.3) is 5.91 Å². The molecule has 0 bridgehead atoms. The molecule has 1 heterocycles. The maximum absolute atomic E-state index is 12.9. The molecule has 0 spiro atoms. The Morgan fingerprint density at radius 2 is 1.80 bits per heavy atom. The minimum atomic E-state index is -1.27. The standard InChI is InChI=1S/C20H22N4O5.ClH/c1-20(12-4-7-14(28-2)8-5-12)18(26)24(19(27)23-20)11-17(25)22-13-6-9-16(29-3)15(21)10-13;/h4-10H,11,21H2,1-3H3,(H,22,25)(H,23,27);1H. The van der Waals surface area contributed by atoms with Crippen LogP contribution in [0.3, 0.4) is 0 Å². The fourth-order valence-corrected chi connectivity index (χ4v) is 3.12. The number of benzene rings is 2. The van der Waals surface area contributed by atoms with Crippen molar-refractivity contribution in [1.29, 1.82) is 0 Å². The number of ether oxygens (including phenoxy) is 2. The Morgan fingerprint density at radius 1 is 1.13 bits per heavy atom. The van der Waals surface area contributed by atoms with Crippen molar-refractivity contribution in [1.82, 2.24) is 10.2 Å². The van der Waals surface area contributed by atoms with Crippen LogP contribution in [0.2, 0.25) is 0 Å². The molecule has 0 aromatic heterocycles. The highest BCUT2D eigenvalue weighted by atomic mass is 35.5. The Morgan fingerprint density at radius 3 is 2.37 bits per heavy atom. The van der Waals surface area contributed by atoms with Crippen molar-refractivity contribution < 1.29 is 23.9 Å². The molecule has 3 rings (SSSR count). The van der Waals surface area contributed by atoms with E-state index in [0.29, 0.717) is 28.4 Å². The van der Waals surface area contributed by atoms with Gasteiger partial charge in [0.1, 0.15) is 23.6 Å². The van der Waals surface area contributed by atoms with E-state index in [1.54, 1.807) is 43.3 Å². The number of carbonyl (C=O) groups is 3. The molecule has 1 fully saturated rings. The van der Waals surface area contributed by atoms with E-state index in [-0.39, 0.29) is 12.4 Å². The van der Waals surface area contributed by atoms with Crippen molar-refractivity contribution in [2.45, 2.75) is 12.5 Å². The molecule has 0 radical (unpaired) electrons. The summed E-state index contributed by atoms with van der Waals surface area (Å²) in [6.07, 6.45) is 0. The minimum absolute atomic E-state index is 0. The highest BCUT2D eigenvalue weighted by Crippen LogP contribution is 2.30. The summed E-state index contributed by atoms with van der Waals surface area (Å²) >= 11 is 0. The van der Waals surface area contributed by atoms with Crippen molar-refractivity contribution in [2.75, 3.05) is 31.8 Å². The summed E-state index contributed by atoms with van der Waals surface area (Å²) in [5, 5.41) is 5.28. The Labute approximate surface area is 179 Å². The number of carbonyl (C=O) groups excluding carboxylic acids is 3. The second-order valence-electron chi connectivity index (χ2n) is 6.68. The third kappa shape index (κ3) is 4.25. The second-order valence-corrected chi connectivity index (χ2v) is 6.68. The molecule has 9 nitrogen and oxygen atoms in total. The minimum Gasteiger partial charge on any atom is -0.497 e. The topological polar surface area (TPSA) is 123 Å². The molecule has 0 saturated carbocycles. The Hall–Kier alpha value is -3.46. The van der Waals surface area contributed by atoms with E-state index >= 15 is 0 Å². The van der Waals surface area contributed by atoms with Gasteiger partial charge in [-0.2, -0.15) is 0 Å². The van der Waals surface area contributed by atoms with Gasteiger partial charge >= 0.3 is 6.03 Å². The molecule has 1 unspecified atom stereocenters. The first-order chi connectivity index (χ1) is 13.8. The number of imide groups is 1. The van der Waals surface area contributed by atoms with E-state index in [2.05, 4.69) is 10.6 Å². The van der Waals surface area contributed by atoms with Gasteiger partial charge in [-0.15, -0.1) is 12.4 Å². The molecule has 2 aromatic carbocycles. The molecule has 0 aliphatic carbocycles. The molecule has 10 heteroatoms. The van der Waals surface area contributed by atoms with Gasteiger partial charge in [0.05, 0.1) is 19.9 Å². The maximum Gasteiger partial charge on any atom is 0.325 e. The predicted octanol–water partition coefficient (Wildman–Crippen LogP) is 2.11. The number of nitrogen functional groups attached to an aromatic ring is 1. The average Bonchev–Trinajstić information content (AvgIpc) is 2.92. The third-order valence-electron chi connectivity index (χ3n) is 4.76. The summed E-state index contributed by atoms with van der Waals surface area (Å²) < 4.78 is 10.2. The molecule has 4 amide bonds. The van der Waals surface area contributed by atoms with Gasteiger partial charge in [-0.25, -0.2) is 4.79 Å². The molecule has 4 N–H and O–H groups in total. The normalized spacial score (nSPS) is 17.8. The summed E-state index contributed by atoms with van der Waals surface area (Å²) in [5.74, 6) is 0.0607. The van der Waals surface area contributed by atoms with Crippen molar-refractivity contribution in [3.8, 4) is 11.5 Å². The SMILES string of the molecule is COc1ccc(C2(C)NC(=O)N(CC(=O)Nc3ccc(OC)c(N)c3)C2=O)cc1.Cl. The first-order valence-corrected chi connectivity index (χ1v) is 8.80. The number of anilines is 2. The van der Waals surface area contributed by atoms with Crippen LogP contribution >= 0.6 is 12.4 Å². The first-order valence-electron chi connectivity index (χ1n) is 8.80. The van der Waals surface area contributed by atoms with Crippen LogP contribution in [0, 0.1) is 0 Å². The molecule has 30 heavy (non-hydrogen) atoms. The van der Waals surface area contributed by atoms with Crippen molar-refractivity contribution >= 4 is 41.6 Å². The number of nitrogens with zero attached hydrogens (tertiary/aromatic N) is 1. The van der Waals surface area contributed by atoms with Crippen LogP contribution in [0.1, 0.15) is 12.5 Å². The lowest BCUT2D eigenvalue weighted by Gasteiger charge is -2.22. The number of rotatable bonds is 6. The maximum atomic E-state index is 12.9. The van der Waals surface area contributed by atoms with Crippen LogP contribution in [-0.2, 0) is 15.1 Å².